The highest BCUT2D eigenvalue weighted by molar-refractivity contribution is 4.69. The molecule has 1 saturated heterocycles. The smallest absolute Gasteiger partial charge is 0.0638 e. The van der Waals surface area contributed by atoms with Gasteiger partial charge >= 0.3 is 0 Å². The van der Waals surface area contributed by atoms with Crippen LogP contribution in [0.1, 0.15) is 19.3 Å². The molecule has 0 aromatic carbocycles. The SMILES string of the molecule is COCC(CO)NCCC1CCCO1. The minimum Gasteiger partial charge on any atom is -0.395 e. The molecule has 2 unspecified atom stereocenters. The molecule has 14 heavy (non-hydrogen) atoms. The Labute approximate surface area is 85.6 Å². The van der Waals surface area contributed by atoms with Crippen molar-refractivity contribution < 1.29 is 14.6 Å². The summed E-state index contributed by atoms with van der Waals surface area (Å²) in [4.78, 5) is 0. The van der Waals surface area contributed by atoms with Gasteiger partial charge in [-0.2, -0.15) is 0 Å². The molecule has 0 spiro atoms. The molecular formula is C10H21NO3. The monoisotopic (exact) mass is 203 g/mol. The van der Waals surface area contributed by atoms with Gasteiger partial charge in [-0.3, -0.25) is 0 Å². The van der Waals surface area contributed by atoms with Crippen molar-refractivity contribution in [1.82, 2.24) is 5.32 Å². The lowest BCUT2D eigenvalue weighted by Crippen LogP contribution is -2.37. The summed E-state index contributed by atoms with van der Waals surface area (Å²) < 4.78 is 10.5. The molecule has 1 fully saturated rings. The van der Waals surface area contributed by atoms with Crippen LogP contribution in [0, 0.1) is 0 Å². The fraction of sp³-hybridized carbons (Fsp3) is 1.00. The molecule has 1 rings (SSSR count). The Hall–Kier alpha value is -0.160. The number of hydrogen-bond donors (Lipinski definition) is 2. The van der Waals surface area contributed by atoms with Crippen molar-refractivity contribution in [2.24, 2.45) is 0 Å². The lowest BCUT2D eigenvalue weighted by molar-refractivity contribution is 0.0962. The summed E-state index contributed by atoms with van der Waals surface area (Å²) in [6, 6.07) is 0.0569. The summed E-state index contributed by atoms with van der Waals surface area (Å²) in [5, 5.41) is 12.2. The Morgan fingerprint density at radius 3 is 3.07 bits per heavy atom. The summed E-state index contributed by atoms with van der Waals surface area (Å²) in [5.41, 5.74) is 0. The van der Waals surface area contributed by atoms with Crippen LogP contribution >= 0.6 is 0 Å². The largest absolute Gasteiger partial charge is 0.395 e. The van der Waals surface area contributed by atoms with E-state index in [4.69, 9.17) is 14.6 Å². The lowest BCUT2D eigenvalue weighted by atomic mass is 10.2. The second kappa shape index (κ2) is 7.17. The van der Waals surface area contributed by atoms with Crippen LogP contribution in [-0.2, 0) is 9.47 Å². The van der Waals surface area contributed by atoms with E-state index in [1.165, 1.54) is 12.8 Å². The predicted octanol–water partition coefficient (Wildman–Crippen LogP) is 0.152. The Kier molecular flexibility index (Phi) is 6.10. The van der Waals surface area contributed by atoms with E-state index in [-0.39, 0.29) is 12.6 Å². The quantitative estimate of drug-likeness (QED) is 0.618. The molecule has 4 nitrogen and oxygen atoms in total. The maximum absolute atomic E-state index is 8.98. The van der Waals surface area contributed by atoms with Crippen molar-refractivity contribution in [3.63, 3.8) is 0 Å². The number of aliphatic hydroxyl groups excluding tert-OH is 1. The molecule has 2 atom stereocenters. The first-order valence-corrected chi connectivity index (χ1v) is 5.31. The number of aliphatic hydroxyl groups is 1. The number of ether oxygens (including phenoxy) is 2. The number of rotatable bonds is 7. The van der Waals surface area contributed by atoms with Gasteiger partial charge in [0.1, 0.15) is 0 Å². The highest BCUT2D eigenvalue weighted by Gasteiger charge is 2.15. The molecule has 1 aliphatic rings. The van der Waals surface area contributed by atoms with Crippen LogP contribution < -0.4 is 5.32 Å². The Balaban J connectivity index is 2.00. The van der Waals surface area contributed by atoms with Crippen molar-refractivity contribution in [3.05, 3.63) is 0 Å². The van der Waals surface area contributed by atoms with Gasteiger partial charge in [-0.25, -0.2) is 0 Å². The normalized spacial score (nSPS) is 24.0. The van der Waals surface area contributed by atoms with E-state index in [9.17, 15) is 0 Å². The maximum Gasteiger partial charge on any atom is 0.0638 e. The van der Waals surface area contributed by atoms with Crippen LogP contribution in [-0.4, -0.2) is 50.7 Å². The van der Waals surface area contributed by atoms with Crippen molar-refractivity contribution in [2.45, 2.75) is 31.4 Å². The first kappa shape index (κ1) is 11.9. The minimum atomic E-state index is 0.0569. The second-order valence-corrected chi connectivity index (χ2v) is 3.71. The molecule has 0 aromatic rings. The summed E-state index contributed by atoms with van der Waals surface area (Å²) in [5.74, 6) is 0. The van der Waals surface area contributed by atoms with Gasteiger partial charge in [0.05, 0.1) is 25.4 Å². The lowest BCUT2D eigenvalue weighted by Gasteiger charge is -2.16. The van der Waals surface area contributed by atoms with E-state index < -0.39 is 0 Å². The molecule has 0 amide bonds. The molecule has 2 N–H and O–H groups in total. The van der Waals surface area contributed by atoms with E-state index in [0.717, 1.165) is 19.6 Å². The Morgan fingerprint density at radius 2 is 2.50 bits per heavy atom. The van der Waals surface area contributed by atoms with Crippen molar-refractivity contribution in [3.8, 4) is 0 Å². The molecular weight excluding hydrogens is 182 g/mol. The molecule has 4 heteroatoms. The molecule has 0 aliphatic carbocycles. The topological polar surface area (TPSA) is 50.7 Å². The molecule has 1 aliphatic heterocycles. The average molecular weight is 203 g/mol. The molecule has 0 bridgehead atoms. The number of nitrogens with one attached hydrogen (secondary N) is 1. The van der Waals surface area contributed by atoms with Crippen LogP contribution in [0.15, 0.2) is 0 Å². The highest BCUT2D eigenvalue weighted by atomic mass is 16.5. The fourth-order valence-electron chi connectivity index (χ4n) is 1.70. The first-order valence-electron chi connectivity index (χ1n) is 5.31. The van der Waals surface area contributed by atoms with E-state index in [1.54, 1.807) is 7.11 Å². The third kappa shape index (κ3) is 4.37. The Bertz CT molecular complexity index is 137. The summed E-state index contributed by atoms with van der Waals surface area (Å²) >= 11 is 0. The van der Waals surface area contributed by atoms with Crippen molar-refractivity contribution in [2.75, 3.05) is 33.5 Å². The van der Waals surface area contributed by atoms with Gasteiger partial charge in [-0.05, 0) is 25.8 Å². The van der Waals surface area contributed by atoms with Gasteiger partial charge in [0.25, 0.3) is 0 Å². The van der Waals surface area contributed by atoms with Crippen LogP contribution in [0.2, 0.25) is 0 Å². The van der Waals surface area contributed by atoms with Crippen molar-refractivity contribution in [1.29, 1.82) is 0 Å². The average Bonchev–Trinajstić information content (AvgIpc) is 2.69. The van der Waals surface area contributed by atoms with E-state index in [0.29, 0.717) is 12.7 Å². The maximum atomic E-state index is 8.98. The van der Waals surface area contributed by atoms with E-state index >= 15 is 0 Å². The third-order valence-corrected chi connectivity index (χ3v) is 2.51. The number of hydrogen-bond acceptors (Lipinski definition) is 4. The zero-order chi connectivity index (χ0) is 10.2. The zero-order valence-electron chi connectivity index (χ0n) is 8.87. The van der Waals surface area contributed by atoms with Crippen LogP contribution in [0.3, 0.4) is 0 Å². The van der Waals surface area contributed by atoms with Gasteiger partial charge in [-0.15, -0.1) is 0 Å². The molecule has 0 saturated carbocycles. The summed E-state index contributed by atoms with van der Waals surface area (Å²) in [6.07, 6.45) is 3.81. The minimum absolute atomic E-state index is 0.0569. The summed E-state index contributed by atoms with van der Waals surface area (Å²) in [6.45, 7) is 2.48. The van der Waals surface area contributed by atoms with E-state index in [2.05, 4.69) is 5.32 Å². The van der Waals surface area contributed by atoms with E-state index in [1.807, 2.05) is 0 Å². The molecule has 84 valence electrons. The first-order chi connectivity index (χ1) is 6.86. The third-order valence-electron chi connectivity index (χ3n) is 2.51. The van der Waals surface area contributed by atoms with Crippen LogP contribution in [0.25, 0.3) is 0 Å². The van der Waals surface area contributed by atoms with Gasteiger partial charge in [-0.1, -0.05) is 0 Å². The second-order valence-electron chi connectivity index (χ2n) is 3.71. The molecule has 1 heterocycles. The predicted molar refractivity (Wildman–Crippen MR) is 54.3 cm³/mol. The van der Waals surface area contributed by atoms with Gasteiger partial charge in [0.2, 0.25) is 0 Å². The van der Waals surface area contributed by atoms with Crippen LogP contribution in [0.4, 0.5) is 0 Å². The van der Waals surface area contributed by atoms with Gasteiger partial charge in [0.15, 0.2) is 0 Å². The van der Waals surface area contributed by atoms with Crippen LogP contribution in [0.5, 0.6) is 0 Å². The fourth-order valence-corrected chi connectivity index (χ4v) is 1.70. The van der Waals surface area contributed by atoms with Gasteiger partial charge < -0.3 is 19.9 Å². The molecule has 0 radical (unpaired) electrons. The standard InChI is InChI=1S/C10H21NO3/c1-13-8-9(7-12)11-5-4-10-3-2-6-14-10/h9-12H,2-8H2,1H3. The van der Waals surface area contributed by atoms with Gasteiger partial charge in [0, 0.05) is 13.7 Å². The summed E-state index contributed by atoms with van der Waals surface area (Å²) in [7, 11) is 1.64. The van der Waals surface area contributed by atoms with Crippen molar-refractivity contribution >= 4 is 0 Å². The zero-order valence-corrected chi connectivity index (χ0v) is 8.87. The Morgan fingerprint density at radius 1 is 1.64 bits per heavy atom. The number of methoxy groups -OCH3 is 1. The highest BCUT2D eigenvalue weighted by Crippen LogP contribution is 2.14. The molecule has 0 aromatic heterocycles.